The van der Waals surface area contributed by atoms with Crippen molar-refractivity contribution in [1.29, 1.82) is 0 Å². The van der Waals surface area contributed by atoms with Crippen molar-refractivity contribution < 1.29 is 14.3 Å². The largest absolute Gasteiger partial charge is 0.475 e. The Balaban J connectivity index is 1.82. The lowest BCUT2D eigenvalue weighted by Crippen LogP contribution is -2.23. The number of benzene rings is 1. The van der Waals surface area contributed by atoms with Crippen molar-refractivity contribution in [1.82, 2.24) is 15.2 Å². The summed E-state index contributed by atoms with van der Waals surface area (Å²) < 4.78 is 10.3. The van der Waals surface area contributed by atoms with Gasteiger partial charge in [-0.3, -0.25) is 4.79 Å². The molecule has 0 radical (unpaired) electrons. The molecule has 6 nitrogen and oxygen atoms in total. The van der Waals surface area contributed by atoms with E-state index in [4.69, 9.17) is 9.47 Å². The van der Waals surface area contributed by atoms with E-state index in [0.717, 1.165) is 12.1 Å². The molecule has 1 amide bonds. The van der Waals surface area contributed by atoms with Crippen LogP contribution in [0, 0.1) is 0 Å². The normalized spacial score (nSPS) is 10.7. The lowest BCUT2D eigenvalue weighted by Gasteiger charge is -2.10. The maximum atomic E-state index is 12.2. The van der Waals surface area contributed by atoms with E-state index in [1.807, 2.05) is 44.4 Å². The molecule has 0 aliphatic heterocycles. The van der Waals surface area contributed by atoms with Crippen molar-refractivity contribution in [3.63, 3.8) is 0 Å². The van der Waals surface area contributed by atoms with Crippen molar-refractivity contribution in [3.8, 4) is 5.88 Å². The topological polar surface area (TPSA) is 63.7 Å². The lowest BCUT2D eigenvalue weighted by atomic mass is 10.1. The molecule has 1 aromatic carbocycles. The molecular weight excluding hydrogens is 318 g/mol. The summed E-state index contributed by atoms with van der Waals surface area (Å²) in [6.45, 7) is 2.26. The number of aromatic nitrogens is 1. The third-order valence-corrected chi connectivity index (χ3v) is 3.50. The van der Waals surface area contributed by atoms with Crippen LogP contribution in [-0.2, 0) is 17.8 Å². The molecule has 0 fully saturated rings. The molecule has 25 heavy (non-hydrogen) atoms. The monoisotopic (exact) mass is 343 g/mol. The highest BCUT2D eigenvalue weighted by Crippen LogP contribution is 2.09. The van der Waals surface area contributed by atoms with Gasteiger partial charge < -0.3 is 19.7 Å². The zero-order chi connectivity index (χ0) is 18.1. The number of hydrogen-bond acceptors (Lipinski definition) is 5. The molecule has 2 aromatic rings. The number of amides is 1. The molecule has 2 rings (SSSR count). The second-order valence-electron chi connectivity index (χ2n) is 5.96. The zero-order valence-corrected chi connectivity index (χ0v) is 15.0. The van der Waals surface area contributed by atoms with E-state index in [2.05, 4.69) is 15.2 Å². The van der Waals surface area contributed by atoms with E-state index >= 15 is 0 Å². The number of nitrogens with zero attached hydrogens (tertiary/aromatic N) is 2. The van der Waals surface area contributed by atoms with Crippen molar-refractivity contribution >= 4 is 5.91 Å². The van der Waals surface area contributed by atoms with Gasteiger partial charge in [-0.25, -0.2) is 4.98 Å². The number of carbonyl (C=O) groups is 1. The van der Waals surface area contributed by atoms with Gasteiger partial charge in [-0.05, 0) is 37.4 Å². The standard InChI is InChI=1S/C19H25N3O3/c1-22(2)14-15-4-7-17(8-5-15)19(23)21-13-16-6-9-18(20-12-16)25-11-10-24-3/h4-9,12H,10-11,13-14H2,1-3H3,(H,21,23). The van der Waals surface area contributed by atoms with Gasteiger partial charge in [0.15, 0.2) is 0 Å². The van der Waals surface area contributed by atoms with Gasteiger partial charge in [0.1, 0.15) is 6.61 Å². The molecule has 0 saturated heterocycles. The molecular formula is C19H25N3O3. The smallest absolute Gasteiger partial charge is 0.251 e. The third-order valence-electron chi connectivity index (χ3n) is 3.50. The number of rotatable bonds is 9. The van der Waals surface area contributed by atoms with Gasteiger partial charge in [0.25, 0.3) is 5.91 Å². The average Bonchev–Trinajstić information content (AvgIpc) is 2.61. The molecule has 1 aromatic heterocycles. The highest BCUT2D eigenvalue weighted by atomic mass is 16.5. The Hall–Kier alpha value is -2.44. The van der Waals surface area contributed by atoms with Gasteiger partial charge in [-0.2, -0.15) is 0 Å². The summed E-state index contributed by atoms with van der Waals surface area (Å²) in [5, 5.41) is 2.90. The molecule has 0 atom stereocenters. The van der Waals surface area contributed by atoms with E-state index in [1.54, 1.807) is 19.4 Å². The summed E-state index contributed by atoms with van der Waals surface area (Å²) in [6.07, 6.45) is 1.70. The van der Waals surface area contributed by atoms with Gasteiger partial charge in [-0.1, -0.05) is 18.2 Å². The fourth-order valence-electron chi connectivity index (χ4n) is 2.24. The van der Waals surface area contributed by atoms with E-state index in [1.165, 1.54) is 5.56 Å². The fourth-order valence-corrected chi connectivity index (χ4v) is 2.24. The fraction of sp³-hybridized carbons (Fsp3) is 0.368. The van der Waals surface area contributed by atoms with Crippen LogP contribution in [0.2, 0.25) is 0 Å². The molecule has 0 aliphatic carbocycles. The molecule has 0 bridgehead atoms. The van der Waals surface area contributed by atoms with Crippen LogP contribution in [0.25, 0.3) is 0 Å². The summed E-state index contributed by atoms with van der Waals surface area (Å²) in [5.41, 5.74) is 2.74. The average molecular weight is 343 g/mol. The van der Waals surface area contributed by atoms with E-state index in [9.17, 15) is 4.79 Å². The number of carbonyl (C=O) groups excluding carboxylic acids is 1. The first-order chi connectivity index (χ1) is 12.1. The second kappa shape index (κ2) is 9.76. The number of ether oxygens (including phenoxy) is 2. The van der Waals surface area contributed by atoms with E-state index in [-0.39, 0.29) is 5.91 Å². The van der Waals surface area contributed by atoms with Crippen molar-refractivity contribution in [3.05, 3.63) is 59.3 Å². The van der Waals surface area contributed by atoms with Crippen LogP contribution in [0.5, 0.6) is 5.88 Å². The third kappa shape index (κ3) is 6.52. The summed E-state index contributed by atoms with van der Waals surface area (Å²) >= 11 is 0. The lowest BCUT2D eigenvalue weighted by molar-refractivity contribution is 0.0951. The van der Waals surface area contributed by atoms with Crippen LogP contribution in [0.1, 0.15) is 21.5 Å². The first-order valence-electron chi connectivity index (χ1n) is 8.17. The molecule has 0 aliphatic rings. The molecule has 1 N–H and O–H groups in total. The van der Waals surface area contributed by atoms with Gasteiger partial charge in [-0.15, -0.1) is 0 Å². The summed E-state index contributed by atoms with van der Waals surface area (Å²) in [5.74, 6) is 0.445. The number of methoxy groups -OCH3 is 1. The van der Waals surface area contributed by atoms with Gasteiger partial charge in [0.05, 0.1) is 6.61 Å². The van der Waals surface area contributed by atoms with Crippen LogP contribution in [-0.4, -0.2) is 50.2 Å². The second-order valence-corrected chi connectivity index (χ2v) is 5.96. The number of pyridine rings is 1. The zero-order valence-electron chi connectivity index (χ0n) is 15.0. The predicted molar refractivity (Wildman–Crippen MR) is 96.6 cm³/mol. The Morgan fingerprint density at radius 3 is 2.40 bits per heavy atom. The Morgan fingerprint density at radius 2 is 1.80 bits per heavy atom. The maximum Gasteiger partial charge on any atom is 0.251 e. The van der Waals surface area contributed by atoms with Gasteiger partial charge >= 0.3 is 0 Å². The minimum atomic E-state index is -0.100. The number of nitrogens with one attached hydrogen (secondary N) is 1. The molecule has 0 unspecified atom stereocenters. The van der Waals surface area contributed by atoms with Crippen LogP contribution < -0.4 is 10.1 Å². The Kier molecular flexibility index (Phi) is 7.37. The summed E-state index contributed by atoms with van der Waals surface area (Å²) in [4.78, 5) is 18.5. The summed E-state index contributed by atoms with van der Waals surface area (Å²) in [6, 6.07) is 11.3. The first-order valence-corrected chi connectivity index (χ1v) is 8.17. The molecule has 1 heterocycles. The van der Waals surface area contributed by atoms with Crippen LogP contribution >= 0.6 is 0 Å². The molecule has 134 valence electrons. The Morgan fingerprint density at radius 1 is 1.08 bits per heavy atom. The van der Waals surface area contributed by atoms with Crippen LogP contribution in [0.15, 0.2) is 42.6 Å². The molecule has 0 saturated carbocycles. The number of hydrogen-bond donors (Lipinski definition) is 1. The minimum absolute atomic E-state index is 0.100. The summed E-state index contributed by atoms with van der Waals surface area (Å²) in [7, 11) is 5.66. The van der Waals surface area contributed by atoms with Crippen LogP contribution in [0.4, 0.5) is 0 Å². The van der Waals surface area contributed by atoms with Gasteiger partial charge in [0, 0.05) is 38.0 Å². The Labute approximate surface area is 148 Å². The van der Waals surface area contributed by atoms with Crippen molar-refractivity contribution in [2.45, 2.75) is 13.1 Å². The SMILES string of the molecule is COCCOc1ccc(CNC(=O)c2ccc(CN(C)C)cc2)cn1. The quantitative estimate of drug-likeness (QED) is 0.707. The highest BCUT2D eigenvalue weighted by Gasteiger charge is 2.06. The van der Waals surface area contributed by atoms with Crippen molar-refractivity contribution in [2.24, 2.45) is 0 Å². The van der Waals surface area contributed by atoms with E-state index < -0.39 is 0 Å². The maximum absolute atomic E-state index is 12.2. The predicted octanol–water partition coefficient (Wildman–Crippen LogP) is 2.10. The molecule has 0 spiro atoms. The Bertz CT molecular complexity index is 655. The first kappa shape index (κ1) is 18.9. The van der Waals surface area contributed by atoms with Crippen molar-refractivity contribution in [2.75, 3.05) is 34.4 Å². The highest BCUT2D eigenvalue weighted by molar-refractivity contribution is 5.94. The van der Waals surface area contributed by atoms with Gasteiger partial charge in [0.2, 0.25) is 5.88 Å². The minimum Gasteiger partial charge on any atom is -0.475 e. The van der Waals surface area contributed by atoms with E-state index in [0.29, 0.717) is 31.2 Å². The molecule has 6 heteroatoms. The van der Waals surface area contributed by atoms with Crippen LogP contribution in [0.3, 0.4) is 0 Å².